The normalized spacial score (nSPS) is 14.4. The van der Waals surface area contributed by atoms with Gasteiger partial charge in [0.2, 0.25) is 0 Å². The molecule has 0 fully saturated rings. The topological polar surface area (TPSA) is 29.5 Å². The molecule has 2 nitrogen and oxygen atoms in total. The number of ether oxygens (including phenoxy) is 1. The number of aliphatic hydroxyl groups excluding tert-OH is 1. The second-order valence-electron chi connectivity index (χ2n) is 2.75. The van der Waals surface area contributed by atoms with Crippen molar-refractivity contribution in [2.75, 3.05) is 13.7 Å². The Bertz CT molecular complexity index is 148. The van der Waals surface area contributed by atoms with Crippen LogP contribution in [0.25, 0.3) is 0 Å². The minimum Gasteiger partial charge on any atom is -0.389 e. The lowest BCUT2D eigenvalue weighted by Gasteiger charge is -2.08. The zero-order valence-corrected chi connectivity index (χ0v) is 7.92. The van der Waals surface area contributed by atoms with Crippen LogP contribution in [0.5, 0.6) is 0 Å². The monoisotopic (exact) mass is 170 g/mol. The molecule has 1 unspecified atom stereocenters. The molecule has 1 atom stereocenters. The van der Waals surface area contributed by atoms with Gasteiger partial charge in [-0.15, -0.1) is 6.58 Å². The van der Waals surface area contributed by atoms with Crippen molar-refractivity contribution in [2.24, 2.45) is 0 Å². The molecule has 0 bridgehead atoms. The van der Waals surface area contributed by atoms with Crippen molar-refractivity contribution in [3.05, 3.63) is 24.3 Å². The lowest BCUT2D eigenvalue weighted by atomic mass is 10.1. The number of rotatable bonds is 6. The van der Waals surface area contributed by atoms with E-state index in [4.69, 9.17) is 4.74 Å². The smallest absolute Gasteiger partial charge is 0.0744 e. The molecule has 0 saturated heterocycles. The van der Waals surface area contributed by atoms with Gasteiger partial charge >= 0.3 is 0 Å². The first-order valence-corrected chi connectivity index (χ1v) is 4.19. The molecule has 0 aliphatic heterocycles. The van der Waals surface area contributed by atoms with Crippen LogP contribution in [0.15, 0.2) is 24.3 Å². The van der Waals surface area contributed by atoms with Crippen LogP contribution < -0.4 is 0 Å². The summed E-state index contributed by atoms with van der Waals surface area (Å²) in [6, 6.07) is 0. The van der Waals surface area contributed by atoms with E-state index in [-0.39, 0.29) is 0 Å². The highest BCUT2D eigenvalue weighted by Crippen LogP contribution is 2.05. The predicted octanol–water partition coefficient (Wildman–Crippen LogP) is 1.91. The van der Waals surface area contributed by atoms with E-state index < -0.39 is 6.10 Å². The maximum absolute atomic E-state index is 9.27. The van der Waals surface area contributed by atoms with E-state index in [2.05, 4.69) is 6.58 Å². The van der Waals surface area contributed by atoms with Gasteiger partial charge in [0, 0.05) is 7.11 Å². The number of allylic oxidation sites excluding steroid dienone is 2. The Labute approximate surface area is 74.6 Å². The molecule has 0 amide bonds. The summed E-state index contributed by atoms with van der Waals surface area (Å²) < 4.78 is 4.94. The number of methoxy groups -OCH3 is 1. The van der Waals surface area contributed by atoms with Crippen LogP contribution >= 0.6 is 0 Å². The molecule has 0 spiro atoms. The fraction of sp³-hybridized carbons (Fsp3) is 0.600. The van der Waals surface area contributed by atoms with E-state index in [9.17, 15) is 5.11 Å². The highest BCUT2D eigenvalue weighted by molar-refractivity contribution is 5.07. The molecular formula is C10H18O2. The van der Waals surface area contributed by atoms with Gasteiger partial charge in [-0.25, -0.2) is 0 Å². The zero-order valence-electron chi connectivity index (χ0n) is 7.92. The van der Waals surface area contributed by atoms with Crippen LogP contribution in [0, 0.1) is 0 Å². The van der Waals surface area contributed by atoms with Gasteiger partial charge in [-0.2, -0.15) is 0 Å². The van der Waals surface area contributed by atoms with Crippen molar-refractivity contribution in [1.82, 2.24) is 0 Å². The standard InChI is InChI=1S/C10H18O2/c1-4-5-6-7-10(8-12-3)9(2)11/h4,7,9,11H,1,5-6,8H2,2-3H3/b10-7+. The van der Waals surface area contributed by atoms with Crippen LogP contribution in [-0.2, 0) is 4.74 Å². The summed E-state index contributed by atoms with van der Waals surface area (Å²) in [6.07, 6.45) is 5.33. The Morgan fingerprint density at radius 2 is 2.25 bits per heavy atom. The van der Waals surface area contributed by atoms with Crippen molar-refractivity contribution in [3.8, 4) is 0 Å². The molecule has 0 saturated carbocycles. The third kappa shape index (κ3) is 5.10. The van der Waals surface area contributed by atoms with E-state index in [1.807, 2.05) is 12.2 Å². The van der Waals surface area contributed by atoms with Gasteiger partial charge in [-0.1, -0.05) is 12.2 Å². The van der Waals surface area contributed by atoms with Gasteiger partial charge in [0.1, 0.15) is 0 Å². The minimum atomic E-state index is -0.408. The summed E-state index contributed by atoms with van der Waals surface area (Å²) in [7, 11) is 1.63. The number of unbranched alkanes of at least 4 members (excludes halogenated alkanes) is 1. The first kappa shape index (κ1) is 11.4. The maximum Gasteiger partial charge on any atom is 0.0744 e. The molecular weight excluding hydrogens is 152 g/mol. The lowest BCUT2D eigenvalue weighted by Crippen LogP contribution is -2.09. The third-order valence-electron chi connectivity index (χ3n) is 1.62. The Morgan fingerprint density at radius 1 is 1.58 bits per heavy atom. The van der Waals surface area contributed by atoms with E-state index in [1.165, 1.54) is 0 Å². The van der Waals surface area contributed by atoms with Gasteiger partial charge in [0.05, 0.1) is 12.7 Å². The van der Waals surface area contributed by atoms with Crippen LogP contribution in [-0.4, -0.2) is 24.9 Å². The molecule has 1 N–H and O–H groups in total. The molecule has 70 valence electrons. The van der Waals surface area contributed by atoms with Gasteiger partial charge in [0.25, 0.3) is 0 Å². The van der Waals surface area contributed by atoms with Gasteiger partial charge in [-0.05, 0) is 25.3 Å². The third-order valence-corrected chi connectivity index (χ3v) is 1.62. The van der Waals surface area contributed by atoms with E-state index in [0.29, 0.717) is 6.61 Å². The first-order valence-electron chi connectivity index (χ1n) is 4.19. The Hall–Kier alpha value is -0.600. The van der Waals surface area contributed by atoms with Crippen molar-refractivity contribution in [2.45, 2.75) is 25.9 Å². The summed E-state index contributed by atoms with van der Waals surface area (Å²) in [6.45, 7) is 5.88. The fourth-order valence-corrected chi connectivity index (χ4v) is 0.903. The average Bonchev–Trinajstić information content (AvgIpc) is 2.03. The summed E-state index contributed by atoms with van der Waals surface area (Å²) in [5.41, 5.74) is 0.944. The van der Waals surface area contributed by atoms with Crippen molar-refractivity contribution in [3.63, 3.8) is 0 Å². The van der Waals surface area contributed by atoms with E-state index in [0.717, 1.165) is 18.4 Å². The molecule has 0 aliphatic rings. The second-order valence-corrected chi connectivity index (χ2v) is 2.75. The average molecular weight is 170 g/mol. The van der Waals surface area contributed by atoms with E-state index >= 15 is 0 Å². The molecule has 0 heterocycles. The van der Waals surface area contributed by atoms with Crippen molar-refractivity contribution >= 4 is 0 Å². The predicted molar refractivity (Wildman–Crippen MR) is 51.1 cm³/mol. The van der Waals surface area contributed by atoms with Crippen molar-refractivity contribution < 1.29 is 9.84 Å². The first-order chi connectivity index (χ1) is 5.72. The summed E-state index contributed by atoms with van der Waals surface area (Å²) in [5.74, 6) is 0. The Morgan fingerprint density at radius 3 is 2.67 bits per heavy atom. The number of hydrogen-bond donors (Lipinski definition) is 1. The maximum atomic E-state index is 9.27. The minimum absolute atomic E-state index is 0.408. The quantitative estimate of drug-likeness (QED) is 0.487. The van der Waals surface area contributed by atoms with Gasteiger partial charge in [-0.3, -0.25) is 0 Å². The Kier molecular flexibility index (Phi) is 6.72. The van der Waals surface area contributed by atoms with Crippen LogP contribution in [0.1, 0.15) is 19.8 Å². The largest absolute Gasteiger partial charge is 0.389 e. The lowest BCUT2D eigenvalue weighted by molar-refractivity contribution is 0.173. The highest BCUT2D eigenvalue weighted by atomic mass is 16.5. The van der Waals surface area contributed by atoms with Crippen LogP contribution in [0.4, 0.5) is 0 Å². The summed E-state index contributed by atoms with van der Waals surface area (Å²) in [4.78, 5) is 0. The SMILES string of the molecule is C=CCC/C=C(\COC)C(C)O. The number of aliphatic hydroxyl groups is 1. The molecule has 0 radical (unpaired) electrons. The van der Waals surface area contributed by atoms with Gasteiger partial charge < -0.3 is 9.84 Å². The molecule has 2 heteroatoms. The molecule has 12 heavy (non-hydrogen) atoms. The summed E-state index contributed by atoms with van der Waals surface area (Å²) >= 11 is 0. The number of hydrogen-bond acceptors (Lipinski definition) is 2. The molecule has 0 rings (SSSR count). The zero-order chi connectivity index (χ0) is 9.40. The molecule has 0 aromatic heterocycles. The van der Waals surface area contributed by atoms with Crippen LogP contribution in [0.3, 0.4) is 0 Å². The summed E-state index contributed by atoms with van der Waals surface area (Å²) in [5, 5.41) is 9.27. The fourth-order valence-electron chi connectivity index (χ4n) is 0.903. The molecule has 0 aromatic rings. The molecule has 0 aliphatic carbocycles. The second kappa shape index (κ2) is 7.07. The van der Waals surface area contributed by atoms with Crippen molar-refractivity contribution in [1.29, 1.82) is 0 Å². The van der Waals surface area contributed by atoms with E-state index in [1.54, 1.807) is 14.0 Å². The molecule has 0 aromatic carbocycles. The highest BCUT2D eigenvalue weighted by Gasteiger charge is 2.02. The van der Waals surface area contributed by atoms with Crippen LogP contribution in [0.2, 0.25) is 0 Å². The van der Waals surface area contributed by atoms with Gasteiger partial charge in [0.15, 0.2) is 0 Å². The Balaban J connectivity index is 3.89.